The average molecular weight is 373 g/mol. The molecule has 0 N–H and O–H groups in total. The maximum absolute atomic E-state index is 12.7. The first-order chi connectivity index (χ1) is 11.0. The SMILES string of the molecule is CCOC(=O)/C(C(=O)c1cccc([N+](=O)[O-])c1)=C1\SSN=C1Cl. The fourth-order valence-electron chi connectivity index (χ4n) is 1.71. The van der Waals surface area contributed by atoms with Gasteiger partial charge in [-0.1, -0.05) is 23.7 Å². The van der Waals surface area contributed by atoms with Gasteiger partial charge in [-0.05, 0) is 17.7 Å². The summed E-state index contributed by atoms with van der Waals surface area (Å²) >= 11 is 5.91. The lowest BCUT2D eigenvalue weighted by atomic mass is 10.0. The van der Waals surface area contributed by atoms with Crippen molar-refractivity contribution < 1.29 is 19.2 Å². The van der Waals surface area contributed by atoms with Gasteiger partial charge in [-0.15, -0.1) is 0 Å². The van der Waals surface area contributed by atoms with Crippen LogP contribution in [0.5, 0.6) is 0 Å². The fourth-order valence-corrected chi connectivity index (χ4v) is 4.03. The number of hydrogen-bond donors (Lipinski definition) is 0. The Morgan fingerprint density at radius 1 is 1.43 bits per heavy atom. The van der Waals surface area contributed by atoms with Crippen LogP contribution < -0.4 is 0 Å². The Balaban J connectivity index is 2.50. The Morgan fingerprint density at radius 2 is 2.17 bits per heavy atom. The molecule has 0 spiro atoms. The lowest BCUT2D eigenvalue weighted by molar-refractivity contribution is -0.384. The lowest BCUT2D eigenvalue weighted by Gasteiger charge is -2.08. The van der Waals surface area contributed by atoms with Crippen molar-refractivity contribution in [1.29, 1.82) is 0 Å². The highest BCUT2D eigenvalue weighted by atomic mass is 35.5. The maximum atomic E-state index is 12.7. The van der Waals surface area contributed by atoms with E-state index < -0.39 is 16.7 Å². The molecule has 0 fully saturated rings. The Kier molecular flexibility index (Phi) is 5.80. The summed E-state index contributed by atoms with van der Waals surface area (Å²) in [6, 6.07) is 5.10. The van der Waals surface area contributed by atoms with E-state index in [4.69, 9.17) is 16.3 Å². The van der Waals surface area contributed by atoms with Crippen LogP contribution in [0.15, 0.2) is 39.1 Å². The van der Waals surface area contributed by atoms with Crippen molar-refractivity contribution in [1.82, 2.24) is 0 Å². The van der Waals surface area contributed by atoms with Crippen molar-refractivity contribution in [2.24, 2.45) is 4.40 Å². The van der Waals surface area contributed by atoms with E-state index in [1.54, 1.807) is 6.92 Å². The van der Waals surface area contributed by atoms with Gasteiger partial charge in [0.25, 0.3) is 5.69 Å². The molecule has 2 rings (SSSR count). The summed E-state index contributed by atoms with van der Waals surface area (Å²) in [6.45, 7) is 1.68. The Morgan fingerprint density at radius 3 is 2.74 bits per heavy atom. The molecular weight excluding hydrogens is 364 g/mol. The van der Waals surface area contributed by atoms with E-state index in [1.807, 2.05) is 0 Å². The van der Waals surface area contributed by atoms with Crippen LogP contribution in [0.3, 0.4) is 0 Å². The topological polar surface area (TPSA) is 98.9 Å². The number of esters is 1. The van der Waals surface area contributed by atoms with Crippen molar-refractivity contribution in [2.75, 3.05) is 6.61 Å². The second-order valence-corrected chi connectivity index (χ2v) is 6.31. The van der Waals surface area contributed by atoms with Crippen LogP contribution in [0.25, 0.3) is 0 Å². The summed E-state index contributed by atoms with van der Waals surface area (Å²) in [6.07, 6.45) is 0. The Hall–Kier alpha value is -1.84. The minimum absolute atomic E-state index is 0.00304. The number of nitro benzene ring substituents is 1. The molecule has 0 atom stereocenters. The molecule has 0 saturated carbocycles. The molecule has 0 bridgehead atoms. The van der Waals surface area contributed by atoms with Crippen molar-refractivity contribution >= 4 is 56.0 Å². The average Bonchev–Trinajstić information content (AvgIpc) is 2.94. The maximum Gasteiger partial charge on any atom is 0.343 e. The van der Waals surface area contributed by atoms with Crippen LogP contribution >= 0.6 is 33.4 Å². The van der Waals surface area contributed by atoms with E-state index in [9.17, 15) is 19.7 Å². The zero-order chi connectivity index (χ0) is 17.0. The molecule has 0 unspecified atom stereocenters. The Labute approximate surface area is 143 Å². The number of ketones is 1. The monoisotopic (exact) mass is 372 g/mol. The molecule has 0 radical (unpaired) electrons. The van der Waals surface area contributed by atoms with Crippen LogP contribution in [-0.2, 0) is 9.53 Å². The minimum atomic E-state index is -0.845. The molecule has 1 aromatic carbocycles. The van der Waals surface area contributed by atoms with Crippen molar-refractivity contribution in [2.45, 2.75) is 6.92 Å². The van der Waals surface area contributed by atoms with Gasteiger partial charge in [0, 0.05) is 17.7 Å². The molecule has 1 heterocycles. The molecule has 0 aromatic heterocycles. The quantitative estimate of drug-likeness (QED) is 0.0896. The molecule has 120 valence electrons. The number of nitrogens with zero attached hydrogens (tertiary/aromatic N) is 2. The first kappa shape index (κ1) is 17.5. The molecule has 0 saturated heterocycles. The zero-order valence-corrected chi connectivity index (χ0v) is 14.0. The van der Waals surface area contributed by atoms with Crippen LogP contribution in [-0.4, -0.2) is 28.5 Å². The molecule has 1 aliphatic rings. The second-order valence-electron chi connectivity index (χ2n) is 4.10. The van der Waals surface area contributed by atoms with E-state index in [0.717, 1.165) is 27.8 Å². The first-order valence-electron chi connectivity index (χ1n) is 6.23. The van der Waals surface area contributed by atoms with Gasteiger partial charge >= 0.3 is 5.97 Å². The van der Waals surface area contributed by atoms with Crippen LogP contribution in [0.2, 0.25) is 0 Å². The van der Waals surface area contributed by atoms with Gasteiger partial charge in [0.1, 0.15) is 5.57 Å². The predicted molar refractivity (Wildman–Crippen MR) is 89.6 cm³/mol. The third kappa shape index (κ3) is 3.92. The van der Waals surface area contributed by atoms with Crippen molar-refractivity contribution in [3.8, 4) is 0 Å². The van der Waals surface area contributed by atoms with Crippen LogP contribution in [0, 0.1) is 10.1 Å². The van der Waals surface area contributed by atoms with Gasteiger partial charge in [0.2, 0.25) is 5.78 Å². The number of allylic oxidation sites excluding steroid dienone is 1. The number of rotatable bonds is 5. The van der Waals surface area contributed by atoms with E-state index in [1.165, 1.54) is 18.2 Å². The van der Waals surface area contributed by atoms with Gasteiger partial charge in [0.15, 0.2) is 5.17 Å². The molecule has 0 amide bonds. The van der Waals surface area contributed by atoms with E-state index in [-0.39, 0.29) is 33.5 Å². The van der Waals surface area contributed by atoms with Gasteiger partial charge in [0.05, 0.1) is 27.4 Å². The van der Waals surface area contributed by atoms with Crippen molar-refractivity contribution in [3.05, 3.63) is 50.4 Å². The summed E-state index contributed by atoms with van der Waals surface area (Å²) in [5, 5.41) is 10.8. The van der Waals surface area contributed by atoms with Gasteiger partial charge in [-0.3, -0.25) is 14.9 Å². The highest BCUT2D eigenvalue weighted by Crippen LogP contribution is 2.43. The summed E-state index contributed by atoms with van der Waals surface area (Å²) in [7, 11) is 2.07. The number of hydrogen-bond acceptors (Lipinski definition) is 8. The third-order valence-corrected chi connectivity index (χ3v) is 5.01. The lowest BCUT2D eigenvalue weighted by Crippen LogP contribution is -2.19. The summed E-state index contributed by atoms with van der Waals surface area (Å²) in [4.78, 5) is 35.2. The van der Waals surface area contributed by atoms with Gasteiger partial charge in [-0.25, -0.2) is 4.79 Å². The second kappa shape index (κ2) is 7.62. The molecule has 1 aliphatic heterocycles. The third-order valence-electron chi connectivity index (χ3n) is 2.68. The molecule has 23 heavy (non-hydrogen) atoms. The smallest absolute Gasteiger partial charge is 0.343 e. The molecule has 10 heteroatoms. The number of carbonyl (C=O) groups is 2. The number of ether oxygens (including phenoxy) is 1. The largest absolute Gasteiger partial charge is 0.462 e. The van der Waals surface area contributed by atoms with Crippen molar-refractivity contribution in [3.63, 3.8) is 0 Å². The highest BCUT2D eigenvalue weighted by molar-refractivity contribution is 8.78. The zero-order valence-electron chi connectivity index (χ0n) is 11.6. The fraction of sp³-hybridized carbons (Fsp3) is 0.154. The predicted octanol–water partition coefficient (Wildman–Crippen LogP) is 3.54. The molecular formula is C13H9ClN2O5S2. The molecule has 1 aromatic rings. The molecule has 7 nitrogen and oxygen atoms in total. The number of Topliss-reactive ketones (excluding diaryl/α,β-unsaturated/α-hetero) is 1. The summed E-state index contributed by atoms with van der Waals surface area (Å²) in [5.41, 5.74) is -0.537. The standard InChI is InChI=1S/C13H9ClN2O5S2/c1-2-21-13(18)9(11-12(14)15-23-22-11)10(17)7-4-3-5-8(6-7)16(19)20/h3-6H,2H2,1H3/b11-9-. The number of carbonyl (C=O) groups excluding carboxylic acids is 2. The van der Waals surface area contributed by atoms with E-state index in [2.05, 4.69) is 4.40 Å². The summed E-state index contributed by atoms with van der Waals surface area (Å²) < 4.78 is 8.74. The van der Waals surface area contributed by atoms with Gasteiger partial charge < -0.3 is 4.74 Å². The number of halogens is 1. The normalized spacial score (nSPS) is 15.8. The van der Waals surface area contributed by atoms with E-state index >= 15 is 0 Å². The number of non-ortho nitro benzene ring substituents is 1. The van der Waals surface area contributed by atoms with Crippen LogP contribution in [0.4, 0.5) is 5.69 Å². The van der Waals surface area contributed by atoms with Crippen LogP contribution in [0.1, 0.15) is 17.3 Å². The van der Waals surface area contributed by atoms with E-state index in [0.29, 0.717) is 0 Å². The number of benzene rings is 1. The first-order valence-corrected chi connectivity index (χ1v) is 8.72. The Bertz CT molecular complexity index is 748. The molecule has 0 aliphatic carbocycles. The minimum Gasteiger partial charge on any atom is -0.462 e. The highest BCUT2D eigenvalue weighted by Gasteiger charge is 2.31. The number of nitro groups is 1. The summed E-state index contributed by atoms with van der Waals surface area (Å²) in [5.74, 6) is -1.55. The van der Waals surface area contributed by atoms with Gasteiger partial charge in [-0.2, -0.15) is 4.40 Å².